The Hall–Kier alpha value is -3.27. The number of nitrogens with two attached hydrogens (primary N) is 1. The molecule has 0 fully saturated rings. The van der Waals surface area contributed by atoms with Crippen LogP contribution in [0.4, 0.5) is 10.2 Å². The lowest BCUT2D eigenvalue weighted by Gasteiger charge is -2.19. The Labute approximate surface area is 199 Å². The fourth-order valence-electron chi connectivity index (χ4n) is 3.72. The van der Waals surface area contributed by atoms with Crippen LogP contribution in [0, 0.1) is 5.82 Å². The summed E-state index contributed by atoms with van der Waals surface area (Å²) in [5.41, 5.74) is 10.8. The van der Waals surface area contributed by atoms with Gasteiger partial charge in [0.25, 0.3) is 0 Å². The van der Waals surface area contributed by atoms with Gasteiger partial charge in [0.2, 0.25) is 0 Å². The summed E-state index contributed by atoms with van der Waals surface area (Å²) in [6.45, 7) is 3.91. The van der Waals surface area contributed by atoms with Gasteiger partial charge in [-0.15, -0.1) is 0 Å². The van der Waals surface area contributed by atoms with Crippen LogP contribution < -0.4 is 10.5 Å². The number of pyridine rings is 1. The van der Waals surface area contributed by atoms with Crippen molar-refractivity contribution in [3.8, 4) is 17.0 Å². The molecule has 0 spiro atoms. The van der Waals surface area contributed by atoms with Crippen LogP contribution in [0.25, 0.3) is 11.3 Å². The van der Waals surface area contributed by atoms with Gasteiger partial charge in [0.1, 0.15) is 17.6 Å². The fourth-order valence-corrected chi connectivity index (χ4v) is 4.03. The number of halogens is 2. The standard InChI is InChI=1S/C23H25BrFN7O/c1-5-16-10-17(31(3)28-16)11-20-22(30-32(4)29-20)18-7-6-15(25)9-19(18)13(2)33-21-8-14(24)12-27-23(21)26/h6-10,12-13H,5,11H2,1-4H3,(H2,26,27)/t13-/m1/s1. The highest BCUT2D eigenvalue weighted by Gasteiger charge is 2.22. The number of benzene rings is 1. The van der Waals surface area contributed by atoms with Crippen molar-refractivity contribution in [3.05, 3.63) is 69.5 Å². The Balaban J connectivity index is 1.73. The largest absolute Gasteiger partial charge is 0.482 e. The quantitative estimate of drug-likeness (QED) is 0.393. The van der Waals surface area contributed by atoms with Gasteiger partial charge in [-0.3, -0.25) is 4.68 Å². The minimum atomic E-state index is -0.521. The first-order valence-electron chi connectivity index (χ1n) is 10.5. The SMILES string of the molecule is CCc1cc(Cc2nn(C)nc2-c2ccc(F)cc2[C@@H](C)Oc2cc(Br)cnc2N)n(C)n1. The molecule has 3 heterocycles. The van der Waals surface area contributed by atoms with Crippen molar-refractivity contribution >= 4 is 21.7 Å². The predicted octanol–water partition coefficient (Wildman–Crippen LogP) is 4.39. The zero-order valence-corrected chi connectivity index (χ0v) is 20.5. The van der Waals surface area contributed by atoms with Crippen LogP contribution in [0.3, 0.4) is 0 Å². The topological polar surface area (TPSA) is 96.7 Å². The lowest BCUT2D eigenvalue weighted by molar-refractivity contribution is 0.227. The van der Waals surface area contributed by atoms with Crippen molar-refractivity contribution in [2.75, 3.05) is 5.73 Å². The van der Waals surface area contributed by atoms with Gasteiger partial charge in [-0.2, -0.15) is 20.1 Å². The van der Waals surface area contributed by atoms with Crippen LogP contribution in [-0.4, -0.2) is 29.8 Å². The van der Waals surface area contributed by atoms with E-state index in [0.29, 0.717) is 23.4 Å². The fraction of sp³-hybridized carbons (Fsp3) is 0.304. The molecule has 3 aromatic heterocycles. The van der Waals surface area contributed by atoms with Crippen molar-refractivity contribution in [1.29, 1.82) is 0 Å². The second-order valence-corrected chi connectivity index (χ2v) is 8.71. The van der Waals surface area contributed by atoms with Crippen molar-refractivity contribution in [3.63, 3.8) is 0 Å². The van der Waals surface area contributed by atoms with Crippen LogP contribution in [0.5, 0.6) is 5.75 Å². The number of nitrogens with zero attached hydrogens (tertiary/aromatic N) is 6. The summed E-state index contributed by atoms with van der Waals surface area (Å²) in [6.07, 6.45) is 2.47. The number of ether oxygens (including phenoxy) is 1. The molecule has 0 aliphatic heterocycles. The van der Waals surface area contributed by atoms with Crippen LogP contribution in [0.15, 0.2) is 41.0 Å². The van der Waals surface area contributed by atoms with E-state index < -0.39 is 6.10 Å². The first-order valence-corrected chi connectivity index (χ1v) is 11.3. The van der Waals surface area contributed by atoms with Crippen LogP contribution >= 0.6 is 15.9 Å². The molecule has 172 valence electrons. The van der Waals surface area contributed by atoms with Gasteiger partial charge < -0.3 is 10.5 Å². The number of aromatic nitrogens is 6. The molecule has 0 saturated heterocycles. The van der Waals surface area contributed by atoms with E-state index in [1.807, 2.05) is 18.7 Å². The van der Waals surface area contributed by atoms with Crippen LogP contribution in [0.2, 0.25) is 0 Å². The van der Waals surface area contributed by atoms with Gasteiger partial charge in [0, 0.05) is 48.0 Å². The Morgan fingerprint density at radius 1 is 1.15 bits per heavy atom. The number of anilines is 1. The molecule has 0 amide bonds. The van der Waals surface area contributed by atoms with Crippen molar-refractivity contribution in [2.24, 2.45) is 14.1 Å². The number of nitrogen functional groups attached to an aromatic ring is 1. The monoisotopic (exact) mass is 513 g/mol. The van der Waals surface area contributed by atoms with E-state index >= 15 is 0 Å². The predicted molar refractivity (Wildman–Crippen MR) is 127 cm³/mol. The second-order valence-electron chi connectivity index (χ2n) is 7.79. The molecule has 4 aromatic rings. The number of hydrogen-bond acceptors (Lipinski definition) is 6. The molecule has 0 aliphatic carbocycles. The summed E-state index contributed by atoms with van der Waals surface area (Å²) in [5, 5.41) is 13.7. The van der Waals surface area contributed by atoms with Crippen molar-refractivity contribution in [2.45, 2.75) is 32.8 Å². The molecule has 8 nitrogen and oxygen atoms in total. The van der Waals surface area contributed by atoms with Gasteiger partial charge in [0.05, 0.1) is 11.4 Å². The van der Waals surface area contributed by atoms with E-state index in [1.165, 1.54) is 16.9 Å². The molecule has 4 rings (SSSR count). The molecule has 0 unspecified atom stereocenters. The first-order chi connectivity index (χ1) is 15.7. The minimum Gasteiger partial charge on any atom is -0.482 e. The summed E-state index contributed by atoms with van der Waals surface area (Å²) in [5.74, 6) is 0.300. The Kier molecular flexibility index (Phi) is 6.46. The van der Waals surface area contributed by atoms with Gasteiger partial charge >= 0.3 is 0 Å². The van der Waals surface area contributed by atoms with Gasteiger partial charge in [-0.25, -0.2) is 9.37 Å². The average molecular weight is 514 g/mol. The number of hydrogen-bond donors (Lipinski definition) is 1. The third-order valence-corrected chi connectivity index (χ3v) is 5.81. The van der Waals surface area contributed by atoms with E-state index in [0.717, 1.165) is 33.5 Å². The van der Waals surface area contributed by atoms with Gasteiger partial charge in [-0.1, -0.05) is 6.92 Å². The highest BCUT2D eigenvalue weighted by Crippen LogP contribution is 2.34. The third kappa shape index (κ3) is 4.90. The van der Waals surface area contributed by atoms with Crippen molar-refractivity contribution < 1.29 is 9.13 Å². The molecular formula is C23H25BrFN7O. The van der Waals surface area contributed by atoms with Gasteiger partial charge in [0.15, 0.2) is 11.6 Å². The summed E-state index contributed by atoms with van der Waals surface area (Å²) in [4.78, 5) is 5.63. The average Bonchev–Trinajstić information content (AvgIpc) is 3.32. The molecule has 1 atom stereocenters. The molecule has 0 aliphatic rings. The highest BCUT2D eigenvalue weighted by molar-refractivity contribution is 9.10. The van der Waals surface area contributed by atoms with Crippen molar-refractivity contribution in [1.82, 2.24) is 29.8 Å². The zero-order valence-electron chi connectivity index (χ0n) is 18.9. The maximum absolute atomic E-state index is 14.3. The number of aryl methyl sites for hydroxylation is 3. The normalized spacial score (nSPS) is 12.2. The second kappa shape index (κ2) is 9.30. The first kappa shape index (κ1) is 22.9. The number of rotatable bonds is 7. The summed E-state index contributed by atoms with van der Waals surface area (Å²) >= 11 is 3.38. The smallest absolute Gasteiger partial charge is 0.166 e. The molecule has 33 heavy (non-hydrogen) atoms. The molecule has 0 radical (unpaired) electrons. The third-order valence-electron chi connectivity index (χ3n) is 5.38. The maximum Gasteiger partial charge on any atom is 0.166 e. The van der Waals surface area contributed by atoms with E-state index in [4.69, 9.17) is 10.5 Å². The van der Waals surface area contributed by atoms with Gasteiger partial charge in [-0.05, 0) is 59.6 Å². The Morgan fingerprint density at radius 2 is 1.94 bits per heavy atom. The Bertz CT molecular complexity index is 1300. The van der Waals surface area contributed by atoms with E-state index in [-0.39, 0.29) is 11.6 Å². The summed E-state index contributed by atoms with van der Waals surface area (Å²) in [7, 11) is 3.69. The summed E-state index contributed by atoms with van der Waals surface area (Å²) in [6, 6.07) is 8.39. The maximum atomic E-state index is 14.3. The van der Waals surface area contributed by atoms with E-state index in [1.54, 1.807) is 25.4 Å². The molecule has 0 bridgehead atoms. The van der Waals surface area contributed by atoms with Crippen LogP contribution in [-0.2, 0) is 26.9 Å². The molecular weight excluding hydrogens is 489 g/mol. The molecule has 2 N–H and O–H groups in total. The molecule has 0 saturated carbocycles. The lowest BCUT2D eigenvalue weighted by atomic mass is 9.98. The molecule has 1 aromatic carbocycles. The highest BCUT2D eigenvalue weighted by atomic mass is 79.9. The lowest BCUT2D eigenvalue weighted by Crippen LogP contribution is -2.08. The van der Waals surface area contributed by atoms with Crippen LogP contribution in [0.1, 0.15) is 42.6 Å². The van der Waals surface area contributed by atoms with E-state index in [9.17, 15) is 4.39 Å². The minimum absolute atomic E-state index is 0.256. The molecule has 10 heteroatoms. The zero-order chi connectivity index (χ0) is 23.7. The van der Waals surface area contributed by atoms with E-state index in [2.05, 4.69) is 49.2 Å². The summed E-state index contributed by atoms with van der Waals surface area (Å²) < 4.78 is 23.0. The Morgan fingerprint density at radius 3 is 2.67 bits per heavy atom.